The highest BCUT2D eigenvalue weighted by molar-refractivity contribution is 6.35. The van der Waals surface area contributed by atoms with E-state index in [4.69, 9.17) is 23.4 Å². The summed E-state index contributed by atoms with van der Waals surface area (Å²) in [4.78, 5) is 16.3. The summed E-state index contributed by atoms with van der Waals surface area (Å²) < 4.78 is 1.44. The van der Waals surface area contributed by atoms with Crippen LogP contribution < -0.4 is 10.6 Å². The van der Waals surface area contributed by atoms with Gasteiger partial charge in [-0.15, -0.1) is 0 Å². The molecule has 0 radical (unpaired) electrons. The Morgan fingerprint density at radius 1 is 1.16 bits per heavy atom. The molecule has 9 heteroatoms. The average molecular weight is 462 g/mol. The number of benzene rings is 1. The van der Waals surface area contributed by atoms with Gasteiger partial charge in [0.1, 0.15) is 11.3 Å². The van der Waals surface area contributed by atoms with Gasteiger partial charge >= 0.3 is 0 Å². The van der Waals surface area contributed by atoms with Crippen molar-refractivity contribution in [3.8, 4) is 0 Å². The Labute approximate surface area is 193 Å². The van der Waals surface area contributed by atoms with E-state index in [1.54, 1.807) is 6.07 Å². The van der Waals surface area contributed by atoms with E-state index < -0.39 is 0 Å². The zero-order valence-corrected chi connectivity index (χ0v) is 19.7. The van der Waals surface area contributed by atoms with Gasteiger partial charge in [-0.2, -0.15) is 4.98 Å². The summed E-state index contributed by atoms with van der Waals surface area (Å²) >= 11 is 12.7. The van der Waals surface area contributed by atoms with Crippen molar-refractivity contribution in [2.75, 3.05) is 23.7 Å². The van der Waals surface area contributed by atoms with Gasteiger partial charge in [0.15, 0.2) is 0 Å². The molecular weight excluding hydrogens is 433 g/mol. The lowest BCUT2D eigenvalue weighted by molar-refractivity contribution is 0.165. The number of halogens is 2. The van der Waals surface area contributed by atoms with Crippen molar-refractivity contribution < 1.29 is 0 Å². The summed E-state index contributed by atoms with van der Waals surface area (Å²) in [7, 11) is 0. The lowest BCUT2D eigenvalue weighted by Gasteiger charge is -2.37. The molecule has 2 N–H and O–H groups in total. The Bertz CT molecular complexity index is 1050. The van der Waals surface area contributed by atoms with E-state index in [-0.39, 0.29) is 0 Å². The molecule has 1 fully saturated rings. The van der Waals surface area contributed by atoms with Gasteiger partial charge in [-0.25, -0.2) is 14.1 Å². The molecule has 31 heavy (non-hydrogen) atoms. The van der Waals surface area contributed by atoms with Gasteiger partial charge in [0, 0.05) is 35.6 Å². The van der Waals surface area contributed by atoms with Crippen LogP contribution in [0.1, 0.15) is 45.2 Å². The molecular formula is C22H29Cl2N7. The number of para-hydroxylation sites is 1. The summed E-state index contributed by atoms with van der Waals surface area (Å²) in [5.74, 6) is 1.70. The van der Waals surface area contributed by atoms with Crippen molar-refractivity contribution in [1.82, 2.24) is 23.9 Å². The minimum atomic E-state index is 0.401. The second-order valence-electron chi connectivity index (χ2n) is 8.05. The van der Waals surface area contributed by atoms with Crippen molar-refractivity contribution >= 4 is 52.1 Å². The normalized spacial score (nSPS) is 19.2. The second-order valence-corrected chi connectivity index (χ2v) is 8.80. The monoisotopic (exact) mass is 461 g/mol. The number of rotatable bonds is 7. The van der Waals surface area contributed by atoms with Gasteiger partial charge in [-0.05, 0) is 57.8 Å². The highest BCUT2D eigenvalue weighted by Crippen LogP contribution is 2.29. The lowest BCUT2D eigenvalue weighted by Crippen LogP contribution is -2.42. The molecule has 0 saturated heterocycles. The standard InChI is InChI=1S/C22H29Cl2N7/c1-4-30(5-2)16-9-6-8-15(13-16)26-19-12-14(3)25-21(27-19)29-22-28-20-17(23)10-7-11-18(20)31(22)24/h7,10-12,15-16H,4-6,8-9,13H2,1-3H3,(H2,25,26,27,28,29). The van der Waals surface area contributed by atoms with Gasteiger partial charge < -0.3 is 10.2 Å². The molecule has 1 aromatic carbocycles. The minimum Gasteiger partial charge on any atom is -0.367 e. The SMILES string of the molecule is CCN(CC)C1CCCC(Nc2cc(C)nc(Nc3nc4c(Cl)cccc4n3Cl)n2)C1. The maximum absolute atomic E-state index is 6.44. The van der Waals surface area contributed by atoms with Crippen LogP contribution in [0.4, 0.5) is 17.7 Å². The molecule has 2 unspecified atom stereocenters. The first-order valence-electron chi connectivity index (χ1n) is 10.9. The molecule has 0 spiro atoms. The number of hydrogen-bond acceptors (Lipinski definition) is 6. The molecule has 166 valence electrons. The molecule has 0 amide bonds. The summed E-state index contributed by atoms with van der Waals surface area (Å²) in [5, 5.41) is 7.32. The van der Waals surface area contributed by atoms with E-state index in [9.17, 15) is 0 Å². The lowest BCUT2D eigenvalue weighted by atomic mass is 9.90. The van der Waals surface area contributed by atoms with E-state index in [0.717, 1.165) is 43.0 Å². The van der Waals surface area contributed by atoms with Gasteiger partial charge in [0.05, 0.1) is 10.5 Å². The molecule has 0 aliphatic heterocycles. The summed E-state index contributed by atoms with van der Waals surface area (Å²) in [6, 6.07) is 8.51. The topological polar surface area (TPSA) is 70.9 Å². The molecule has 3 aromatic rings. The van der Waals surface area contributed by atoms with Crippen LogP contribution in [0.2, 0.25) is 5.02 Å². The van der Waals surface area contributed by atoms with Crippen LogP contribution in [0.5, 0.6) is 0 Å². The van der Waals surface area contributed by atoms with Crippen molar-refractivity contribution in [3.05, 3.63) is 35.0 Å². The quantitative estimate of drug-likeness (QED) is 0.477. The molecule has 1 aliphatic rings. The Morgan fingerprint density at radius 3 is 2.71 bits per heavy atom. The first-order valence-corrected chi connectivity index (χ1v) is 11.7. The third kappa shape index (κ3) is 4.89. The maximum Gasteiger partial charge on any atom is 0.231 e. The first kappa shape index (κ1) is 22.1. The predicted molar refractivity (Wildman–Crippen MR) is 129 cm³/mol. The number of aryl methyl sites for hydroxylation is 1. The van der Waals surface area contributed by atoms with Gasteiger partial charge in [0.25, 0.3) is 0 Å². The number of nitrogens with one attached hydrogen (secondary N) is 2. The van der Waals surface area contributed by atoms with Crippen molar-refractivity contribution in [3.63, 3.8) is 0 Å². The van der Waals surface area contributed by atoms with Crippen molar-refractivity contribution in [2.24, 2.45) is 0 Å². The van der Waals surface area contributed by atoms with E-state index in [0.29, 0.717) is 34.5 Å². The Kier molecular flexibility index (Phi) is 6.84. The Hall–Kier alpha value is -2.09. The number of anilines is 3. The third-order valence-corrected chi connectivity index (χ3v) is 6.63. The van der Waals surface area contributed by atoms with Crippen molar-refractivity contribution in [2.45, 2.75) is 58.5 Å². The molecule has 0 bridgehead atoms. The van der Waals surface area contributed by atoms with E-state index in [1.165, 1.54) is 16.9 Å². The fraction of sp³-hybridized carbons (Fsp3) is 0.500. The van der Waals surface area contributed by atoms with Crippen LogP contribution in [0.15, 0.2) is 24.3 Å². The molecule has 2 atom stereocenters. The van der Waals surface area contributed by atoms with Crippen LogP contribution >= 0.6 is 23.4 Å². The van der Waals surface area contributed by atoms with E-state index in [2.05, 4.69) is 44.3 Å². The predicted octanol–water partition coefficient (Wildman–Crippen LogP) is 5.60. The Balaban J connectivity index is 1.51. The van der Waals surface area contributed by atoms with Crippen molar-refractivity contribution in [1.29, 1.82) is 0 Å². The number of aromatic nitrogens is 4. The third-order valence-electron chi connectivity index (χ3n) is 5.99. The zero-order chi connectivity index (χ0) is 22.0. The summed E-state index contributed by atoms with van der Waals surface area (Å²) in [5.41, 5.74) is 2.23. The largest absolute Gasteiger partial charge is 0.367 e. The van der Waals surface area contributed by atoms with Crippen LogP contribution in [0.25, 0.3) is 11.0 Å². The Morgan fingerprint density at radius 2 is 1.97 bits per heavy atom. The molecule has 2 heterocycles. The van der Waals surface area contributed by atoms with E-state index in [1.807, 2.05) is 25.1 Å². The highest BCUT2D eigenvalue weighted by Gasteiger charge is 2.25. The second kappa shape index (κ2) is 9.59. The number of fused-ring (bicyclic) bond motifs is 1. The van der Waals surface area contributed by atoms with Crippen LogP contribution in [-0.4, -0.2) is 49.1 Å². The first-order chi connectivity index (χ1) is 15.0. The average Bonchev–Trinajstić information content (AvgIpc) is 3.06. The number of hydrogen-bond donors (Lipinski definition) is 2. The molecule has 1 aliphatic carbocycles. The molecule has 7 nitrogen and oxygen atoms in total. The molecule has 2 aromatic heterocycles. The van der Waals surface area contributed by atoms with E-state index >= 15 is 0 Å². The summed E-state index contributed by atoms with van der Waals surface area (Å²) in [6.07, 6.45) is 4.78. The fourth-order valence-corrected chi connectivity index (χ4v) is 4.92. The molecule has 1 saturated carbocycles. The maximum atomic E-state index is 6.44. The smallest absolute Gasteiger partial charge is 0.231 e. The van der Waals surface area contributed by atoms with Gasteiger partial charge in [-0.3, -0.25) is 5.32 Å². The fourth-order valence-electron chi connectivity index (χ4n) is 4.49. The van der Waals surface area contributed by atoms with Crippen LogP contribution in [0, 0.1) is 6.92 Å². The number of imidazole rings is 1. The van der Waals surface area contributed by atoms with Crippen LogP contribution in [-0.2, 0) is 0 Å². The molecule has 4 rings (SSSR count). The summed E-state index contributed by atoms with van der Waals surface area (Å²) in [6.45, 7) is 8.63. The number of nitrogens with zero attached hydrogens (tertiary/aromatic N) is 5. The highest BCUT2D eigenvalue weighted by atomic mass is 35.5. The van der Waals surface area contributed by atoms with Gasteiger partial charge in [-0.1, -0.05) is 31.5 Å². The minimum absolute atomic E-state index is 0.401. The van der Waals surface area contributed by atoms with Gasteiger partial charge in [0.2, 0.25) is 11.9 Å². The van der Waals surface area contributed by atoms with Crippen LogP contribution in [0.3, 0.4) is 0 Å². The zero-order valence-electron chi connectivity index (χ0n) is 18.2.